The number of hydrogen-bond donors (Lipinski definition) is 0. The minimum Gasteiger partial charge on any atom is -0.458 e. The number of rotatable bonds is 8. The van der Waals surface area contributed by atoms with E-state index in [9.17, 15) is 13.6 Å². The summed E-state index contributed by atoms with van der Waals surface area (Å²) >= 11 is 0. The Kier molecular flexibility index (Phi) is 7.60. The Hall–Kier alpha value is -1.45. The van der Waals surface area contributed by atoms with Crippen LogP contribution in [0.1, 0.15) is 64.9 Å². The zero-order valence-electron chi connectivity index (χ0n) is 16.2. The summed E-state index contributed by atoms with van der Waals surface area (Å²) in [6, 6.07) is 9.80. The molecule has 3 atom stereocenters. The summed E-state index contributed by atoms with van der Waals surface area (Å²) in [5.41, 5.74) is 1.13. The van der Waals surface area contributed by atoms with E-state index in [1.54, 1.807) is 0 Å². The first-order valence-electron chi connectivity index (χ1n) is 9.92. The molecule has 26 heavy (non-hydrogen) atoms. The number of unbranched alkanes of at least 4 members (excludes halogenated alkanes) is 1. The van der Waals surface area contributed by atoms with Crippen molar-refractivity contribution in [1.29, 1.82) is 0 Å². The molecule has 1 fully saturated rings. The van der Waals surface area contributed by atoms with Crippen LogP contribution in [0.5, 0.6) is 0 Å². The second kappa shape index (κ2) is 9.48. The van der Waals surface area contributed by atoms with Gasteiger partial charge in [0, 0.05) is 6.42 Å². The number of alkyl halides is 2. The smallest absolute Gasteiger partial charge is 0.377 e. The van der Waals surface area contributed by atoms with Crippen molar-refractivity contribution in [2.75, 3.05) is 0 Å². The van der Waals surface area contributed by atoms with E-state index in [0.29, 0.717) is 31.1 Å². The summed E-state index contributed by atoms with van der Waals surface area (Å²) < 4.78 is 33.8. The third kappa shape index (κ3) is 6.07. The summed E-state index contributed by atoms with van der Waals surface area (Å²) in [4.78, 5) is 12.1. The van der Waals surface area contributed by atoms with Crippen LogP contribution in [0, 0.1) is 17.8 Å². The molecule has 0 unspecified atom stereocenters. The summed E-state index contributed by atoms with van der Waals surface area (Å²) in [5.74, 6) is -3.79. The van der Waals surface area contributed by atoms with Gasteiger partial charge in [0.1, 0.15) is 6.10 Å². The molecule has 0 bridgehead atoms. The van der Waals surface area contributed by atoms with Crippen molar-refractivity contribution in [3.63, 3.8) is 0 Å². The molecule has 4 heteroatoms. The normalized spacial score (nSPS) is 23.8. The first kappa shape index (κ1) is 20.9. The van der Waals surface area contributed by atoms with Crippen molar-refractivity contribution in [2.24, 2.45) is 17.8 Å². The third-order valence-electron chi connectivity index (χ3n) is 5.57. The molecule has 1 aromatic carbocycles. The van der Waals surface area contributed by atoms with E-state index >= 15 is 0 Å². The highest BCUT2D eigenvalue weighted by molar-refractivity contribution is 5.77. The number of benzene rings is 1. The van der Waals surface area contributed by atoms with E-state index in [1.165, 1.54) is 0 Å². The quantitative estimate of drug-likeness (QED) is 0.414. The van der Waals surface area contributed by atoms with Crippen molar-refractivity contribution in [1.82, 2.24) is 0 Å². The van der Waals surface area contributed by atoms with Gasteiger partial charge in [0.15, 0.2) is 0 Å². The zero-order chi connectivity index (χ0) is 19.2. The fourth-order valence-electron chi connectivity index (χ4n) is 3.90. The van der Waals surface area contributed by atoms with Gasteiger partial charge in [-0.3, -0.25) is 0 Å². The van der Waals surface area contributed by atoms with Crippen LogP contribution in [0.3, 0.4) is 0 Å². The second-order valence-electron chi connectivity index (χ2n) is 8.17. The minimum atomic E-state index is -3.39. The first-order chi connectivity index (χ1) is 12.3. The molecule has 1 aromatic rings. The Balaban J connectivity index is 1.82. The van der Waals surface area contributed by atoms with E-state index in [2.05, 4.69) is 20.8 Å². The van der Waals surface area contributed by atoms with Gasteiger partial charge >= 0.3 is 11.9 Å². The molecule has 1 aliphatic rings. The predicted molar refractivity (Wildman–Crippen MR) is 100 cm³/mol. The molecule has 0 spiro atoms. The van der Waals surface area contributed by atoms with Gasteiger partial charge in [-0.15, -0.1) is 0 Å². The van der Waals surface area contributed by atoms with Crippen molar-refractivity contribution >= 4 is 5.97 Å². The standard InChI is InChI=1S/C22H32F2O2/c1-16(2)19-13-12-17(3)15-20(19)26-21(25)22(23,24)14-8-7-11-18-9-5-4-6-10-18/h4-6,9-10,16-17,19-20H,7-8,11-15H2,1-3H3/t17-,19+,20-/m1/s1. The maximum Gasteiger partial charge on any atom is 0.377 e. The third-order valence-corrected chi connectivity index (χ3v) is 5.57. The van der Waals surface area contributed by atoms with Crippen LogP contribution in [-0.4, -0.2) is 18.0 Å². The van der Waals surface area contributed by atoms with Crippen LogP contribution in [-0.2, 0) is 16.0 Å². The lowest BCUT2D eigenvalue weighted by Crippen LogP contribution is -2.40. The summed E-state index contributed by atoms with van der Waals surface area (Å²) in [6.07, 6.45) is 3.61. The van der Waals surface area contributed by atoms with Gasteiger partial charge in [-0.1, -0.05) is 57.5 Å². The van der Waals surface area contributed by atoms with E-state index in [1.807, 2.05) is 30.3 Å². The van der Waals surface area contributed by atoms with E-state index in [0.717, 1.165) is 24.8 Å². The molecule has 2 nitrogen and oxygen atoms in total. The lowest BCUT2D eigenvalue weighted by molar-refractivity contribution is -0.185. The average Bonchev–Trinajstić information content (AvgIpc) is 2.59. The molecule has 1 aliphatic carbocycles. The zero-order valence-corrected chi connectivity index (χ0v) is 16.2. The Morgan fingerprint density at radius 3 is 2.54 bits per heavy atom. The minimum absolute atomic E-state index is 0.184. The number of carbonyl (C=O) groups is 1. The molecular formula is C22H32F2O2. The summed E-state index contributed by atoms with van der Waals surface area (Å²) in [7, 11) is 0. The average molecular weight is 366 g/mol. The maximum atomic E-state index is 14.2. The van der Waals surface area contributed by atoms with Gasteiger partial charge in [0.25, 0.3) is 0 Å². The van der Waals surface area contributed by atoms with Crippen molar-refractivity contribution in [2.45, 2.75) is 77.7 Å². The molecule has 0 N–H and O–H groups in total. The highest BCUT2D eigenvalue weighted by atomic mass is 19.3. The highest BCUT2D eigenvalue weighted by Crippen LogP contribution is 2.36. The van der Waals surface area contributed by atoms with Crippen LogP contribution in [0.15, 0.2) is 30.3 Å². The molecule has 0 radical (unpaired) electrons. The lowest BCUT2D eigenvalue weighted by Gasteiger charge is -2.37. The molecule has 0 aromatic heterocycles. The van der Waals surface area contributed by atoms with Gasteiger partial charge in [-0.05, 0) is 55.4 Å². The van der Waals surface area contributed by atoms with Crippen molar-refractivity contribution < 1.29 is 18.3 Å². The van der Waals surface area contributed by atoms with E-state index < -0.39 is 18.3 Å². The highest BCUT2D eigenvalue weighted by Gasteiger charge is 2.43. The fraction of sp³-hybridized carbons (Fsp3) is 0.682. The number of ether oxygens (including phenoxy) is 1. The Bertz CT molecular complexity index is 557. The monoisotopic (exact) mass is 366 g/mol. The Labute approximate surface area is 156 Å². The van der Waals surface area contributed by atoms with Crippen molar-refractivity contribution in [3.8, 4) is 0 Å². The van der Waals surface area contributed by atoms with Crippen LogP contribution in [0.2, 0.25) is 0 Å². The molecule has 1 saturated carbocycles. The molecule has 146 valence electrons. The molecule has 0 aliphatic heterocycles. The van der Waals surface area contributed by atoms with E-state index in [-0.39, 0.29) is 12.0 Å². The van der Waals surface area contributed by atoms with Gasteiger partial charge in [0.05, 0.1) is 0 Å². The molecule has 0 heterocycles. The predicted octanol–water partition coefficient (Wildman–Crippen LogP) is 6.04. The number of hydrogen-bond acceptors (Lipinski definition) is 2. The van der Waals surface area contributed by atoms with Gasteiger partial charge in [0.2, 0.25) is 0 Å². The maximum absolute atomic E-state index is 14.2. The SMILES string of the molecule is CC(C)[C@@H]1CC[C@@H](C)C[C@H]1OC(=O)C(F)(F)CCCCc1ccccc1. The Morgan fingerprint density at radius 2 is 1.88 bits per heavy atom. The summed E-state index contributed by atoms with van der Waals surface area (Å²) in [5, 5.41) is 0. The Morgan fingerprint density at radius 1 is 1.19 bits per heavy atom. The molecule has 2 rings (SSSR count). The first-order valence-corrected chi connectivity index (χ1v) is 9.92. The van der Waals surface area contributed by atoms with Gasteiger partial charge in [-0.2, -0.15) is 8.78 Å². The van der Waals surface area contributed by atoms with Crippen LogP contribution >= 0.6 is 0 Å². The van der Waals surface area contributed by atoms with Gasteiger partial charge in [-0.25, -0.2) is 4.79 Å². The lowest BCUT2D eigenvalue weighted by atomic mass is 9.75. The van der Waals surface area contributed by atoms with Gasteiger partial charge < -0.3 is 4.74 Å². The number of aryl methyl sites for hydroxylation is 1. The van der Waals surface area contributed by atoms with Crippen molar-refractivity contribution in [3.05, 3.63) is 35.9 Å². The number of carbonyl (C=O) groups excluding carboxylic acids is 1. The molecular weight excluding hydrogens is 334 g/mol. The molecule has 0 saturated heterocycles. The number of esters is 1. The molecule has 0 amide bonds. The topological polar surface area (TPSA) is 26.3 Å². The fourth-order valence-corrected chi connectivity index (χ4v) is 3.90. The largest absolute Gasteiger partial charge is 0.458 e. The van der Waals surface area contributed by atoms with Crippen LogP contribution in [0.25, 0.3) is 0 Å². The summed E-state index contributed by atoms with van der Waals surface area (Å²) in [6.45, 7) is 6.24. The van der Waals surface area contributed by atoms with Crippen LogP contribution < -0.4 is 0 Å². The van der Waals surface area contributed by atoms with E-state index in [4.69, 9.17) is 4.74 Å². The number of halogens is 2. The second-order valence-corrected chi connectivity index (χ2v) is 8.17. The van der Waals surface area contributed by atoms with Crippen LogP contribution in [0.4, 0.5) is 8.78 Å².